The van der Waals surface area contributed by atoms with Gasteiger partial charge in [0.2, 0.25) is 0 Å². The SMILES string of the molecule is CNC1(c2nc(C)cs2)CCCCC1(C)C. The van der Waals surface area contributed by atoms with Crippen molar-refractivity contribution in [2.45, 2.75) is 52.0 Å². The van der Waals surface area contributed by atoms with E-state index in [0.717, 1.165) is 5.69 Å². The summed E-state index contributed by atoms with van der Waals surface area (Å²) in [6.07, 6.45) is 5.15. The van der Waals surface area contributed by atoms with Crippen molar-refractivity contribution in [3.8, 4) is 0 Å². The summed E-state index contributed by atoms with van der Waals surface area (Å²) in [6.45, 7) is 6.83. The van der Waals surface area contributed by atoms with Crippen molar-refractivity contribution in [3.05, 3.63) is 16.1 Å². The third-order valence-corrected chi connectivity index (χ3v) is 5.29. The predicted molar refractivity (Wildman–Crippen MR) is 69.8 cm³/mol. The summed E-state index contributed by atoms with van der Waals surface area (Å²) in [7, 11) is 2.09. The molecule has 1 aliphatic rings. The van der Waals surface area contributed by atoms with Crippen molar-refractivity contribution in [2.75, 3.05) is 7.05 Å². The molecule has 1 aromatic heterocycles. The fraction of sp³-hybridized carbons (Fsp3) is 0.769. The van der Waals surface area contributed by atoms with Crippen LogP contribution < -0.4 is 5.32 Å². The highest BCUT2D eigenvalue weighted by Gasteiger charge is 2.48. The van der Waals surface area contributed by atoms with Crippen molar-refractivity contribution in [1.29, 1.82) is 0 Å². The zero-order chi connectivity index (χ0) is 11.8. The second-order valence-corrected chi connectivity index (χ2v) is 6.40. The molecule has 2 nitrogen and oxygen atoms in total. The molecule has 1 unspecified atom stereocenters. The number of nitrogens with one attached hydrogen (secondary N) is 1. The molecule has 0 aromatic carbocycles. The summed E-state index contributed by atoms with van der Waals surface area (Å²) in [5, 5.41) is 7.03. The van der Waals surface area contributed by atoms with Crippen LogP contribution >= 0.6 is 11.3 Å². The maximum absolute atomic E-state index is 4.73. The Labute approximate surface area is 102 Å². The van der Waals surface area contributed by atoms with Crippen LogP contribution in [-0.2, 0) is 5.54 Å². The minimum absolute atomic E-state index is 0.0875. The average molecular weight is 238 g/mol. The minimum atomic E-state index is 0.0875. The summed E-state index contributed by atoms with van der Waals surface area (Å²) < 4.78 is 0. The fourth-order valence-electron chi connectivity index (χ4n) is 3.03. The Morgan fingerprint density at radius 3 is 2.50 bits per heavy atom. The first-order chi connectivity index (χ1) is 7.52. The lowest BCUT2D eigenvalue weighted by atomic mass is 9.63. The number of nitrogens with zero attached hydrogens (tertiary/aromatic N) is 1. The first-order valence-corrected chi connectivity index (χ1v) is 7.01. The van der Waals surface area contributed by atoms with Gasteiger partial charge in [-0.2, -0.15) is 0 Å². The van der Waals surface area contributed by atoms with Crippen LogP contribution in [0.15, 0.2) is 5.38 Å². The van der Waals surface area contributed by atoms with Crippen molar-refractivity contribution in [3.63, 3.8) is 0 Å². The number of thiazole rings is 1. The Bertz CT molecular complexity index is 370. The highest BCUT2D eigenvalue weighted by molar-refractivity contribution is 7.09. The zero-order valence-electron chi connectivity index (χ0n) is 10.8. The lowest BCUT2D eigenvalue weighted by molar-refractivity contribution is 0.0666. The van der Waals surface area contributed by atoms with Gasteiger partial charge in [-0.05, 0) is 32.2 Å². The molecule has 0 radical (unpaired) electrons. The lowest BCUT2D eigenvalue weighted by Crippen LogP contribution is -2.53. The van der Waals surface area contributed by atoms with Crippen molar-refractivity contribution in [2.24, 2.45) is 5.41 Å². The van der Waals surface area contributed by atoms with E-state index in [1.54, 1.807) is 0 Å². The van der Waals surface area contributed by atoms with E-state index in [-0.39, 0.29) is 5.54 Å². The first-order valence-electron chi connectivity index (χ1n) is 6.13. The quantitative estimate of drug-likeness (QED) is 0.853. The molecule has 2 rings (SSSR count). The molecule has 90 valence electrons. The molecule has 0 saturated heterocycles. The normalized spacial score (nSPS) is 29.2. The van der Waals surface area contributed by atoms with Crippen LogP contribution in [0.5, 0.6) is 0 Å². The Hall–Kier alpha value is -0.410. The molecule has 1 saturated carbocycles. The van der Waals surface area contributed by atoms with E-state index in [2.05, 4.69) is 38.5 Å². The van der Waals surface area contributed by atoms with E-state index >= 15 is 0 Å². The first kappa shape index (κ1) is 12.1. The molecule has 0 aliphatic heterocycles. The van der Waals surface area contributed by atoms with E-state index in [9.17, 15) is 0 Å². The van der Waals surface area contributed by atoms with Crippen LogP contribution in [0, 0.1) is 12.3 Å². The zero-order valence-corrected chi connectivity index (χ0v) is 11.6. The summed E-state index contributed by atoms with van der Waals surface area (Å²) in [5.41, 5.74) is 1.53. The molecular weight excluding hydrogens is 216 g/mol. The molecule has 0 spiro atoms. The van der Waals surface area contributed by atoms with Gasteiger partial charge in [-0.1, -0.05) is 26.7 Å². The van der Waals surface area contributed by atoms with Crippen LogP contribution in [0.1, 0.15) is 50.2 Å². The molecule has 0 amide bonds. The predicted octanol–water partition coefficient (Wildman–Crippen LogP) is 3.47. The average Bonchev–Trinajstić information content (AvgIpc) is 2.65. The van der Waals surface area contributed by atoms with Gasteiger partial charge in [-0.3, -0.25) is 0 Å². The summed E-state index contributed by atoms with van der Waals surface area (Å²) in [5.74, 6) is 0. The Kier molecular flexibility index (Phi) is 3.10. The fourth-order valence-corrected chi connectivity index (χ4v) is 4.24. The second kappa shape index (κ2) is 4.11. The van der Waals surface area contributed by atoms with E-state index < -0.39 is 0 Å². The van der Waals surface area contributed by atoms with Crippen LogP contribution in [-0.4, -0.2) is 12.0 Å². The molecule has 1 aromatic rings. The Morgan fingerprint density at radius 1 is 1.31 bits per heavy atom. The molecule has 1 N–H and O–H groups in total. The van der Waals surface area contributed by atoms with Gasteiger partial charge < -0.3 is 5.32 Å². The largest absolute Gasteiger partial charge is 0.308 e. The third kappa shape index (κ3) is 1.70. The molecule has 1 atom stereocenters. The van der Waals surface area contributed by atoms with Crippen LogP contribution in [0.2, 0.25) is 0 Å². The molecule has 1 fully saturated rings. The van der Waals surface area contributed by atoms with Gasteiger partial charge in [0, 0.05) is 11.1 Å². The number of rotatable bonds is 2. The number of aryl methyl sites for hydroxylation is 1. The van der Waals surface area contributed by atoms with Gasteiger partial charge >= 0.3 is 0 Å². The third-order valence-electron chi connectivity index (χ3n) is 4.17. The minimum Gasteiger partial charge on any atom is -0.308 e. The van der Waals surface area contributed by atoms with Gasteiger partial charge in [-0.15, -0.1) is 11.3 Å². The Morgan fingerprint density at radius 2 is 2.00 bits per heavy atom. The Balaban J connectivity index is 2.44. The molecular formula is C13H22N2S. The van der Waals surface area contributed by atoms with Crippen LogP contribution in [0.3, 0.4) is 0 Å². The topological polar surface area (TPSA) is 24.9 Å². The summed E-state index contributed by atoms with van der Waals surface area (Å²) in [6, 6.07) is 0. The van der Waals surface area contributed by atoms with Gasteiger partial charge in [0.1, 0.15) is 5.01 Å². The van der Waals surface area contributed by atoms with Gasteiger partial charge in [0.25, 0.3) is 0 Å². The van der Waals surface area contributed by atoms with Crippen LogP contribution in [0.25, 0.3) is 0 Å². The standard InChI is InChI=1S/C13H22N2S/c1-10-9-16-11(15-10)13(14-4)8-6-5-7-12(13,2)3/h9,14H,5-8H2,1-4H3. The molecule has 1 aliphatic carbocycles. The van der Waals surface area contributed by atoms with E-state index in [1.807, 2.05) is 11.3 Å². The maximum Gasteiger partial charge on any atom is 0.114 e. The lowest BCUT2D eigenvalue weighted by Gasteiger charge is -2.49. The monoisotopic (exact) mass is 238 g/mol. The van der Waals surface area contributed by atoms with Crippen molar-refractivity contribution < 1.29 is 0 Å². The molecule has 16 heavy (non-hydrogen) atoms. The number of hydrogen-bond donors (Lipinski definition) is 1. The maximum atomic E-state index is 4.73. The van der Waals surface area contributed by atoms with Gasteiger partial charge in [-0.25, -0.2) is 4.98 Å². The van der Waals surface area contributed by atoms with Crippen molar-refractivity contribution >= 4 is 11.3 Å². The van der Waals surface area contributed by atoms with E-state index in [4.69, 9.17) is 4.98 Å². The van der Waals surface area contributed by atoms with Gasteiger partial charge in [0.15, 0.2) is 0 Å². The summed E-state index contributed by atoms with van der Waals surface area (Å²) in [4.78, 5) is 4.73. The molecule has 1 heterocycles. The van der Waals surface area contributed by atoms with Crippen molar-refractivity contribution in [1.82, 2.24) is 10.3 Å². The highest BCUT2D eigenvalue weighted by atomic mass is 32.1. The highest BCUT2D eigenvalue weighted by Crippen LogP contribution is 2.50. The van der Waals surface area contributed by atoms with E-state index in [0.29, 0.717) is 5.41 Å². The molecule has 3 heteroatoms. The van der Waals surface area contributed by atoms with Crippen LogP contribution in [0.4, 0.5) is 0 Å². The van der Waals surface area contributed by atoms with Gasteiger partial charge in [0.05, 0.1) is 5.54 Å². The molecule has 0 bridgehead atoms. The van der Waals surface area contributed by atoms with E-state index in [1.165, 1.54) is 30.7 Å². The number of aromatic nitrogens is 1. The summed E-state index contributed by atoms with van der Waals surface area (Å²) >= 11 is 1.81. The smallest absolute Gasteiger partial charge is 0.114 e. The number of hydrogen-bond acceptors (Lipinski definition) is 3. The second-order valence-electron chi connectivity index (χ2n) is 5.54.